The molecule has 1 amide bonds. The molecule has 3 rings (SSSR count). The minimum atomic E-state index is -0.0374. The number of hydrogen-bond acceptors (Lipinski definition) is 4. The Hall–Kier alpha value is -2.40. The van der Waals surface area contributed by atoms with E-state index in [1.807, 2.05) is 24.3 Å². The second kappa shape index (κ2) is 8.45. The quantitative estimate of drug-likeness (QED) is 0.858. The second-order valence-electron chi connectivity index (χ2n) is 6.11. The van der Waals surface area contributed by atoms with Crippen LogP contribution >= 0.6 is 0 Å². The van der Waals surface area contributed by atoms with E-state index in [0.717, 1.165) is 24.3 Å². The van der Waals surface area contributed by atoms with Gasteiger partial charge < -0.3 is 15.5 Å². The molecule has 1 saturated heterocycles. The predicted molar refractivity (Wildman–Crippen MR) is 97.1 cm³/mol. The van der Waals surface area contributed by atoms with Crippen molar-refractivity contribution >= 4 is 17.3 Å². The maximum absolute atomic E-state index is 12.0. The highest BCUT2D eigenvalue weighted by molar-refractivity contribution is 5.92. The molecule has 1 aromatic heterocycles. The zero-order chi connectivity index (χ0) is 16.6. The van der Waals surface area contributed by atoms with Crippen LogP contribution in [0.3, 0.4) is 0 Å². The van der Waals surface area contributed by atoms with Crippen molar-refractivity contribution in [3.05, 3.63) is 54.4 Å². The Labute approximate surface area is 143 Å². The summed E-state index contributed by atoms with van der Waals surface area (Å²) < 4.78 is 0. The topological polar surface area (TPSA) is 57.3 Å². The van der Waals surface area contributed by atoms with Crippen molar-refractivity contribution < 1.29 is 4.79 Å². The standard InChI is InChI=1S/C19H24N4O/c24-19(15-21-14-16-5-4-10-20-13-16)22-17-6-8-18(9-7-17)23-11-2-1-3-12-23/h4-10,13,21H,1-3,11-12,14-15H2,(H,22,24). The third kappa shape index (κ3) is 4.80. The van der Waals surface area contributed by atoms with E-state index in [2.05, 4.69) is 32.7 Å². The summed E-state index contributed by atoms with van der Waals surface area (Å²) in [6, 6.07) is 12.0. The van der Waals surface area contributed by atoms with Crippen LogP contribution in [0.4, 0.5) is 11.4 Å². The van der Waals surface area contributed by atoms with E-state index >= 15 is 0 Å². The molecular weight excluding hydrogens is 300 g/mol. The Morgan fingerprint density at radius 1 is 1.08 bits per heavy atom. The lowest BCUT2D eigenvalue weighted by molar-refractivity contribution is -0.115. The molecule has 0 radical (unpaired) electrons. The van der Waals surface area contributed by atoms with Gasteiger partial charge in [-0.15, -0.1) is 0 Å². The number of piperidine rings is 1. The summed E-state index contributed by atoms with van der Waals surface area (Å²) in [7, 11) is 0. The molecule has 0 unspecified atom stereocenters. The van der Waals surface area contributed by atoms with Crippen molar-refractivity contribution in [3.63, 3.8) is 0 Å². The summed E-state index contributed by atoms with van der Waals surface area (Å²) in [4.78, 5) is 18.4. The fraction of sp³-hybridized carbons (Fsp3) is 0.368. The largest absolute Gasteiger partial charge is 0.372 e. The van der Waals surface area contributed by atoms with Gasteiger partial charge in [-0.1, -0.05) is 6.07 Å². The van der Waals surface area contributed by atoms with Crippen LogP contribution in [0.1, 0.15) is 24.8 Å². The number of nitrogens with one attached hydrogen (secondary N) is 2. The van der Waals surface area contributed by atoms with Crippen LogP contribution in [0, 0.1) is 0 Å². The Morgan fingerprint density at radius 3 is 2.58 bits per heavy atom. The summed E-state index contributed by atoms with van der Waals surface area (Å²) in [5, 5.41) is 6.05. The number of nitrogens with zero attached hydrogens (tertiary/aromatic N) is 2. The number of carbonyl (C=O) groups excluding carboxylic acids is 1. The Morgan fingerprint density at radius 2 is 1.88 bits per heavy atom. The normalized spacial score (nSPS) is 14.4. The summed E-state index contributed by atoms with van der Waals surface area (Å²) in [6.07, 6.45) is 7.40. The third-order valence-electron chi connectivity index (χ3n) is 4.21. The van der Waals surface area contributed by atoms with Gasteiger partial charge in [0, 0.05) is 43.4 Å². The van der Waals surface area contributed by atoms with E-state index in [9.17, 15) is 4.79 Å². The summed E-state index contributed by atoms with van der Waals surface area (Å²) >= 11 is 0. The zero-order valence-corrected chi connectivity index (χ0v) is 13.9. The van der Waals surface area contributed by atoms with Crippen molar-refractivity contribution in [2.24, 2.45) is 0 Å². The molecule has 2 N–H and O–H groups in total. The Balaban J connectivity index is 1.44. The summed E-state index contributed by atoms with van der Waals surface area (Å²) in [5.74, 6) is -0.0374. The molecule has 1 aliphatic rings. The van der Waals surface area contributed by atoms with Gasteiger partial charge in [0.2, 0.25) is 5.91 Å². The minimum Gasteiger partial charge on any atom is -0.372 e. The first-order valence-electron chi connectivity index (χ1n) is 8.56. The van der Waals surface area contributed by atoms with Crippen molar-refractivity contribution in [2.45, 2.75) is 25.8 Å². The zero-order valence-electron chi connectivity index (χ0n) is 13.9. The fourth-order valence-electron chi connectivity index (χ4n) is 2.94. The van der Waals surface area contributed by atoms with Gasteiger partial charge in [-0.25, -0.2) is 0 Å². The van der Waals surface area contributed by atoms with Crippen LogP contribution in [0.2, 0.25) is 0 Å². The molecule has 1 fully saturated rings. The number of anilines is 2. The van der Waals surface area contributed by atoms with E-state index in [4.69, 9.17) is 0 Å². The molecule has 0 saturated carbocycles. The molecule has 0 bridgehead atoms. The molecule has 24 heavy (non-hydrogen) atoms. The van der Waals surface area contributed by atoms with Gasteiger partial charge in [0.05, 0.1) is 6.54 Å². The minimum absolute atomic E-state index is 0.0374. The highest BCUT2D eigenvalue weighted by atomic mass is 16.1. The lowest BCUT2D eigenvalue weighted by atomic mass is 10.1. The molecular formula is C19H24N4O. The molecule has 0 atom stereocenters. The monoisotopic (exact) mass is 324 g/mol. The van der Waals surface area contributed by atoms with Gasteiger partial charge in [0.15, 0.2) is 0 Å². The highest BCUT2D eigenvalue weighted by Crippen LogP contribution is 2.21. The van der Waals surface area contributed by atoms with Gasteiger partial charge in [-0.05, 0) is 55.2 Å². The van der Waals surface area contributed by atoms with E-state index in [1.165, 1.54) is 24.9 Å². The maximum atomic E-state index is 12.0. The first-order valence-corrected chi connectivity index (χ1v) is 8.56. The van der Waals surface area contributed by atoms with Crippen LogP contribution in [-0.4, -0.2) is 30.5 Å². The first-order chi connectivity index (χ1) is 11.8. The lowest BCUT2D eigenvalue weighted by Crippen LogP contribution is -2.29. The number of hydrogen-bond donors (Lipinski definition) is 2. The van der Waals surface area contributed by atoms with Crippen LogP contribution in [0.15, 0.2) is 48.8 Å². The molecule has 2 aromatic rings. The third-order valence-corrected chi connectivity index (χ3v) is 4.21. The predicted octanol–water partition coefficient (Wildman–Crippen LogP) is 2.80. The van der Waals surface area contributed by atoms with Crippen LogP contribution < -0.4 is 15.5 Å². The smallest absolute Gasteiger partial charge is 0.238 e. The maximum Gasteiger partial charge on any atom is 0.238 e. The first kappa shape index (κ1) is 16.5. The summed E-state index contributed by atoms with van der Waals surface area (Å²) in [5.41, 5.74) is 3.14. The van der Waals surface area contributed by atoms with Crippen LogP contribution in [0.25, 0.3) is 0 Å². The molecule has 1 aliphatic heterocycles. The van der Waals surface area contributed by atoms with Crippen LogP contribution in [-0.2, 0) is 11.3 Å². The van der Waals surface area contributed by atoms with E-state index in [0.29, 0.717) is 6.54 Å². The molecule has 5 nitrogen and oxygen atoms in total. The van der Waals surface area contributed by atoms with Gasteiger partial charge in [-0.2, -0.15) is 0 Å². The number of amides is 1. The van der Waals surface area contributed by atoms with Crippen LogP contribution in [0.5, 0.6) is 0 Å². The van der Waals surface area contributed by atoms with E-state index < -0.39 is 0 Å². The fourth-order valence-corrected chi connectivity index (χ4v) is 2.94. The average Bonchev–Trinajstić information content (AvgIpc) is 2.64. The van der Waals surface area contributed by atoms with Crippen molar-refractivity contribution in [3.8, 4) is 0 Å². The second-order valence-corrected chi connectivity index (χ2v) is 6.11. The van der Waals surface area contributed by atoms with E-state index in [-0.39, 0.29) is 12.5 Å². The molecule has 0 aliphatic carbocycles. The van der Waals surface area contributed by atoms with Gasteiger partial charge >= 0.3 is 0 Å². The van der Waals surface area contributed by atoms with Crippen molar-refractivity contribution in [2.75, 3.05) is 29.9 Å². The highest BCUT2D eigenvalue weighted by Gasteiger charge is 2.10. The molecule has 126 valence electrons. The van der Waals surface area contributed by atoms with Gasteiger partial charge in [-0.3, -0.25) is 9.78 Å². The summed E-state index contributed by atoms with van der Waals surface area (Å²) in [6.45, 7) is 3.17. The van der Waals surface area contributed by atoms with Gasteiger partial charge in [0.1, 0.15) is 0 Å². The van der Waals surface area contributed by atoms with E-state index in [1.54, 1.807) is 12.4 Å². The SMILES string of the molecule is O=C(CNCc1cccnc1)Nc1ccc(N2CCCCC2)cc1. The van der Waals surface area contributed by atoms with Crippen molar-refractivity contribution in [1.82, 2.24) is 10.3 Å². The molecule has 0 spiro atoms. The molecule has 2 heterocycles. The van der Waals surface area contributed by atoms with Gasteiger partial charge in [0.25, 0.3) is 0 Å². The Bertz CT molecular complexity index is 636. The number of benzene rings is 1. The number of aromatic nitrogens is 1. The lowest BCUT2D eigenvalue weighted by Gasteiger charge is -2.28. The Kier molecular flexibility index (Phi) is 5.80. The number of carbonyl (C=O) groups is 1. The average molecular weight is 324 g/mol. The molecule has 1 aromatic carbocycles. The number of pyridine rings is 1. The number of rotatable bonds is 6. The molecule has 5 heteroatoms. The van der Waals surface area contributed by atoms with Crippen molar-refractivity contribution in [1.29, 1.82) is 0 Å².